The first-order valence-corrected chi connectivity index (χ1v) is 13.5. The third-order valence-corrected chi connectivity index (χ3v) is 9.31. The van der Waals surface area contributed by atoms with Crippen LogP contribution in [0.2, 0.25) is 0 Å². The molecule has 0 atom stereocenters. The fourth-order valence-corrected chi connectivity index (χ4v) is 7.82. The molecule has 5 fully saturated rings. The molecule has 7 rings (SSSR count). The normalized spacial score (nSPS) is 30.0. The third kappa shape index (κ3) is 4.42. The monoisotopic (exact) mass is 474 g/mol. The quantitative estimate of drug-likeness (QED) is 0.687. The Morgan fingerprint density at radius 3 is 2.26 bits per heavy atom. The minimum absolute atomic E-state index is 0.0771. The van der Waals surface area contributed by atoms with Crippen LogP contribution in [0.15, 0.2) is 35.1 Å². The third-order valence-electron chi connectivity index (χ3n) is 9.31. The van der Waals surface area contributed by atoms with E-state index < -0.39 is 0 Å². The number of nitrogens with zero attached hydrogens (tertiary/aromatic N) is 2. The van der Waals surface area contributed by atoms with Crippen molar-refractivity contribution in [2.45, 2.75) is 64.5 Å². The lowest BCUT2D eigenvalue weighted by Gasteiger charge is -2.56. The Morgan fingerprint density at radius 2 is 1.63 bits per heavy atom. The van der Waals surface area contributed by atoms with Gasteiger partial charge in [-0.25, -0.2) is 0 Å². The first-order valence-electron chi connectivity index (χ1n) is 13.5. The molecule has 1 aromatic carbocycles. The molecule has 2 aromatic rings. The lowest BCUT2D eigenvalue weighted by molar-refractivity contribution is -0.0167. The predicted octanol–water partition coefficient (Wildman–Crippen LogP) is 4.01. The van der Waals surface area contributed by atoms with Gasteiger partial charge in [-0.3, -0.25) is 14.5 Å². The Labute approximate surface area is 208 Å². The number of benzene rings is 1. The minimum atomic E-state index is -0.265. The molecule has 4 aliphatic carbocycles. The van der Waals surface area contributed by atoms with Crippen LogP contribution in [0.3, 0.4) is 0 Å². The summed E-state index contributed by atoms with van der Waals surface area (Å²) >= 11 is 0. The van der Waals surface area contributed by atoms with E-state index in [1.807, 2.05) is 6.07 Å². The van der Waals surface area contributed by atoms with Crippen molar-refractivity contribution in [2.24, 2.45) is 17.8 Å². The van der Waals surface area contributed by atoms with Gasteiger partial charge >= 0.3 is 0 Å². The second-order valence-corrected chi connectivity index (χ2v) is 11.9. The topological polar surface area (TPSA) is 68.4 Å². The standard InChI is InChI=1S/C29H38N4O2/c1-19-4-3-5-26(20(19)2)33-10-8-32(9-11-33)18-24-6-7-25(27(34)30-24)28(35)31-29-15-21-12-22(16-29)14-23(13-21)17-29/h3-7,21-23H,8-18H2,1-2H3,(H,30,34)(H,31,35). The molecule has 1 saturated heterocycles. The second kappa shape index (κ2) is 8.81. The van der Waals surface area contributed by atoms with Crippen molar-refractivity contribution in [3.63, 3.8) is 0 Å². The number of amides is 1. The van der Waals surface area contributed by atoms with Crippen molar-refractivity contribution in [1.29, 1.82) is 0 Å². The molecule has 0 spiro atoms. The van der Waals surface area contributed by atoms with Crippen LogP contribution in [-0.4, -0.2) is 47.5 Å². The van der Waals surface area contributed by atoms with E-state index in [-0.39, 0.29) is 22.6 Å². The SMILES string of the molecule is Cc1cccc(N2CCN(Cc3ccc(C(=O)NC45CC6CC(CC(C6)C4)C5)c(=O)[nH]3)CC2)c1C. The largest absolute Gasteiger partial charge is 0.369 e. The molecule has 4 bridgehead atoms. The summed E-state index contributed by atoms with van der Waals surface area (Å²) in [6, 6.07) is 10.2. The molecule has 6 nitrogen and oxygen atoms in total. The summed E-state index contributed by atoms with van der Waals surface area (Å²) in [5.41, 5.74) is 4.80. The van der Waals surface area contributed by atoms with Gasteiger partial charge < -0.3 is 15.2 Å². The van der Waals surface area contributed by atoms with Gasteiger partial charge in [-0.2, -0.15) is 0 Å². The van der Waals surface area contributed by atoms with E-state index in [1.165, 1.54) is 36.1 Å². The van der Waals surface area contributed by atoms with Gasteiger partial charge in [0.1, 0.15) is 5.56 Å². The molecule has 1 aromatic heterocycles. The zero-order valence-electron chi connectivity index (χ0n) is 21.1. The van der Waals surface area contributed by atoms with Crippen LogP contribution < -0.4 is 15.8 Å². The van der Waals surface area contributed by atoms with E-state index in [1.54, 1.807) is 6.07 Å². The van der Waals surface area contributed by atoms with E-state index in [0.717, 1.165) is 68.9 Å². The highest BCUT2D eigenvalue weighted by Crippen LogP contribution is 2.55. The summed E-state index contributed by atoms with van der Waals surface area (Å²) in [6.07, 6.45) is 7.29. The van der Waals surface area contributed by atoms with Crippen LogP contribution in [0.25, 0.3) is 0 Å². The Kier molecular flexibility index (Phi) is 5.75. The van der Waals surface area contributed by atoms with Crippen LogP contribution in [0, 0.1) is 31.6 Å². The molecule has 5 aliphatic rings. The fourth-order valence-electron chi connectivity index (χ4n) is 7.82. The van der Waals surface area contributed by atoms with Gasteiger partial charge in [0.25, 0.3) is 11.5 Å². The number of carbonyl (C=O) groups is 1. The summed E-state index contributed by atoms with van der Waals surface area (Å²) in [5, 5.41) is 3.34. The van der Waals surface area contributed by atoms with E-state index in [4.69, 9.17) is 0 Å². The summed E-state index contributed by atoms with van der Waals surface area (Å²) in [6.45, 7) is 8.90. The Balaban J connectivity index is 1.07. The number of piperazine rings is 1. The summed E-state index contributed by atoms with van der Waals surface area (Å²) in [4.78, 5) is 33.8. The van der Waals surface area contributed by atoms with Crippen LogP contribution in [0.1, 0.15) is 65.7 Å². The number of rotatable bonds is 5. The number of carbonyl (C=O) groups excluding carboxylic acids is 1. The molecule has 0 unspecified atom stereocenters. The van der Waals surface area contributed by atoms with Gasteiger partial charge in [0, 0.05) is 49.6 Å². The molecule has 6 heteroatoms. The van der Waals surface area contributed by atoms with Gasteiger partial charge in [-0.15, -0.1) is 0 Å². The molecule has 0 radical (unpaired) electrons. The number of aromatic nitrogens is 1. The first-order chi connectivity index (χ1) is 16.9. The number of hydrogen-bond donors (Lipinski definition) is 2. The molecule has 4 saturated carbocycles. The number of hydrogen-bond acceptors (Lipinski definition) is 4. The fraction of sp³-hybridized carbons (Fsp3) is 0.586. The molecule has 1 amide bonds. The van der Waals surface area contributed by atoms with Crippen LogP contribution >= 0.6 is 0 Å². The number of pyridine rings is 1. The highest BCUT2D eigenvalue weighted by Gasteiger charge is 2.51. The molecular formula is C29H38N4O2. The van der Waals surface area contributed by atoms with Crippen molar-refractivity contribution in [1.82, 2.24) is 15.2 Å². The number of H-pyrrole nitrogens is 1. The van der Waals surface area contributed by atoms with Crippen LogP contribution in [0.4, 0.5) is 5.69 Å². The first kappa shape index (κ1) is 22.8. The Morgan fingerprint density at radius 1 is 0.971 bits per heavy atom. The number of aryl methyl sites for hydroxylation is 1. The molecular weight excluding hydrogens is 436 g/mol. The van der Waals surface area contributed by atoms with E-state index in [2.05, 4.69) is 52.1 Å². The molecule has 186 valence electrons. The zero-order valence-corrected chi connectivity index (χ0v) is 21.1. The molecule has 1 aliphatic heterocycles. The van der Waals surface area contributed by atoms with Crippen LogP contribution in [0.5, 0.6) is 0 Å². The lowest BCUT2D eigenvalue weighted by Crippen LogP contribution is -2.60. The zero-order chi connectivity index (χ0) is 24.2. The van der Waals surface area contributed by atoms with Crippen molar-refractivity contribution < 1.29 is 4.79 Å². The van der Waals surface area contributed by atoms with Gasteiger partial charge in [0.2, 0.25) is 0 Å². The highest BCUT2D eigenvalue weighted by atomic mass is 16.2. The van der Waals surface area contributed by atoms with Crippen molar-refractivity contribution in [3.8, 4) is 0 Å². The molecule has 35 heavy (non-hydrogen) atoms. The average molecular weight is 475 g/mol. The second-order valence-electron chi connectivity index (χ2n) is 11.9. The van der Waals surface area contributed by atoms with Gasteiger partial charge in [0.15, 0.2) is 0 Å². The van der Waals surface area contributed by atoms with Crippen molar-refractivity contribution in [3.05, 3.63) is 63.1 Å². The van der Waals surface area contributed by atoms with Crippen LogP contribution in [-0.2, 0) is 6.54 Å². The Hall–Kier alpha value is -2.60. The predicted molar refractivity (Wildman–Crippen MR) is 139 cm³/mol. The van der Waals surface area contributed by atoms with E-state index in [0.29, 0.717) is 6.54 Å². The number of aromatic amines is 1. The van der Waals surface area contributed by atoms with E-state index in [9.17, 15) is 9.59 Å². The van der Waals surface area contributed by atoms with Gasteiger partial charge in [-0.1, -0.05) is 12.1 Å². The number of nitrogens with one attached hydrogen (secondary N) is 2. The Bertz CT molecular complexity index is 1140. The summed E-state index contributed by atoms with van der Waals surface area (Å²) in [5.74, 6) is 2.09. The maximum absolute atomic E-state index is 13.1. The summed E-state index contributed by atoms with van der Waals surface area (Å²) < 4.78 is 0. The molecule has 2 N–H and O–H groups in total. The summed E-state index contributed by atoms with van der Waals surface area (Å²) in [7, 11) is 0. The maximum Gasteiger partial charge on any atom is 0.261 e. The average Bonchev–Trinajstić information content (AvgIpc) is 2.80. The molecule has 2 heterocycles. The maximum atomic E-state index is 13.1. The van der Waals surface area contributed by atoms with Crippen molar-refractivity contribution >= 4 is 11.6 Å². The lowest BCUT2D eigenvalue weighted by atomic mass is 9.53. The minimum Gasteiger partial charge on any atom is -0.369 e. The smallest absolute Gasteiger partial charge is 0.261 e. The van der Waals surface area contributed by atoms with E-state index >= 15 is 0 Å². The van der Waals surface area contributed by atoms with Gasteiger partial charge in [-0.05, 0) is 99.5 Å². The van der Waals surface area contributed by atoms with Crippen molar-refractivity contribution in [2.75, 3.05) is 31.1 Å². The highest BCUT2D eigenvalue weighted by molar-refractivity contribution is 5.94. The van der Waals surface area contributed by atoms with Gasteiger partial charge in [0.05, 0.1) is 0 Å². The number of anilines is 1.